The van der Waals surface area contributed by atoms with Crippen LogP contribution in [-0.2, 0) is 9.53 Å². The first kappa shape index (κ1) is 20.8. The fraction of sp³-hybridized carbons (Fsp3) is 0.263. The van der Waals surface area contributed by atoms with E-state index in [1.54, 1.807) is 31.4 Å². The van der Waals surface area contributed by atoms with Crippen molar-refractivity contribution in [2.24, 2.45) is 0 Å². The quantitative estimate of drug-likeness (QED) is 0.367. The lowest BCUT2D eigenvalue weighted by molar-refractivity contribution is -0.384. The third-order valence-electron chi connectivity index (χ3n) is 3.67. The highest BCUT2D eigenvalue weighted by Gasteiger charge is 2.13. The second-order valence-corrected chi connectivity index (χ2v) is 5.74. The minimum atomic E-state index is -0.520. The van der Waals surface area contributed by atoms with E-state index >= 15 is 0 Å². The van der Waals surface area contributed by atoms with E-state index in [0.717, 1.165) is 0 Å². The molecule has 0 bridgehead atoms. The molecule has 0 heterocycles. The molecule has 9 heteroatoms. The lowest BCUT2D eigenvalue weighted by Crippen LogP contribution is -2.27. The summed E-state index contributed by atoms with van der Waals surface area (Å²) in [5, 5.41) is 16.0. The normalized spacial score (nSPS) is 10.2. The van der Waals surface area contributed by atoms with Gasteiger partial charge in [-0.1, -0.05) is 12.1 Å². The highest BCUT2D eigenvalue weighted by atomic mass is 16.6. The van der Waals surface area contributed by atoms with Crippen molar-refractivity contribution in [3.63, 3.8) is 0 Å². The second-order valence-electron chi connectivity index (χ2n) is 5.74. The van der Waals surface area contributed by atoms with Gasteiger partial charge < -0.3 is 20.1 Å². The van der Waals surface area contributed by atoms with Crippen LogP contribution in [0.25, 0.3) is 0 Å². The van der Waals surface area contributed by atoms with Crippen LogP contribution in [0.15, 0.2) is 48.5 Å². The number of ether oxygens (including phenoxy) is 2. The molecule has 0 aliphatic carbocycles. The fourth-order valence-electron chi connectivity index (χ4n) is 2.30. The summed E-state index contributed by atoms with van der Waals surface area (Å²) in [6.45, 7) is 0.693. The van der Waals surface area contributed by atoms with Gasteiger partial charge in [0.2, 0.25) is 0 Å². The summed E-state index contributed by atoms with van der Waals surface area (Å²) in [7, 11) is 1.59. The number of nitrogens with one attached hydrogen (secondary N) is 2. The van der Waals surface area contributed by atoms with E-state index in [1.165, 1.54) is 24.3 Å². The van der Waals surface area contributed by atoms with E-state index in [0.29, 0.717) is 36.6 Å². The molecule has 2 N–H and O–H groups in total. The van der Waals surface area contributed by atoms with Gasteiger partial charge in [0.05, 0.1) is 16.2 Å². The minimum absolute atomic E-state index is 0.0674. The first-order chi connectivity index (χ1) is 13.5. The van der Waals surface area contributed by atoms with E-state index in [9.17, 15) is 19.7 Å². The van der Waals surface area contributed by atoms with Crippen LogP contribution in [0.2, 0.25) is 0 Å². The zero-order chi connectivity index (χ0) is 20.4. The van der Waals surface area contributed by atoms with Gasteiger partial charge in [-0.25, -0.2) is 0 Å². The van der Waals surface area contributed by atoms with Crippen molar-refractivity contribution in [1.29, 1.82) is 0 Å². The van der Waals surface area contributed by atoms with Crippen molar-refractivity contribution in [3.8, 4) is 5.75 Å². The number of hydrogen-bond acceptors (Lipinski definition) is 6. The molecule has 0 radical (unpaired) electrons. The number of carbonyl (C=O) groups excluding carboxylic acids is 2. The van der Waals surface area contributed by atoms with Crippen LogP contribution in [0, 0.1) is 10.1 Å². The third kappa shape index (κ3) is 6.36. The maximum absolute atomic E-state index is 12.3. The van der Waals surface area contributed by atoms with Crippen LogP contribution < -0.4 is 15.4 Å². The topological polar surface area (TPSA) is 120 Å². The van der Waals surface area contributed by atoms with Gasteiger partial charge >= 0.3 is 0 Å². The Labute approximate surface area is 161 Å². The summed E-state index contributed by atoms with van der Waals surface area (Å²) in [4.78, 5) is 34.5. The van der Waals surface area contributed by atoms with Crippen LogP contribution in [0.3, 0.4) is 0 Å². The van der Waals surface area contributed by atoms with Crippen molar-refractivity contribution in [3.05, 3.63) is 64.2 Å². The number of nitro benzene ring substituents is 1. The Morgan fingerprint density at radius 1 is 1.11 bits per heavy atom. The SMILES string of the molecule is COCCCNC(=O)c1ccccc1NC(=O)COc1ccc([N+](=O)[O-])cc1. The van der Waals surface area contributed by atoms with Gasteiger partial charge in [0.25, 0.3) is 17.5 Å². The molecular weight excluding hydrogens is 366 g/mol. The molecule has 2 aromatic carbocycles. The number of carbonyl (C=O) groups is 2. The predicted octanol–water partition coefficient (Wildman–Crippen LogP) is 2.38. The molecule has 0 fully saturated rings. The largest absolute Gasteiger partial charge is 0.484 e. The van der Waals surface area contributed by atoms with Crippen LogP contribution in [-0.4, -0.2) is 43.6 Å². The summed E-state index contributed by atoms with van der Waals surface area (Å²) >= 11 is 0. The van der Waals surface area contributed by atoms with E-state index in [2.05, 4.69) is 10.6 Å². The molecule has 0 aliphatic rings. The molecule has 2 aromatic rings. The van der Waals surface area contributed by atoms with Gasteiger partial charge in [-0.15, -0.1) is 0 Å². The van der Waals surface area contributed by atoms with Gasteiger partial charge in [-0.2, -0.15) is 0 Å². The number of nitro groups is 1. The van der Waals surface area contributed by atoms with Crippen LogP contribution in [0.1, 0.15) is 16.8 Å². The molecular formula is C19H21N3O6. The number of rotatable bonds is 10. The molecule has 0 saturated carbocycles. The lowest BCUT2D eigenvalue weighted by Gasteiger charge is -2.12. The fourth-order valence-corrected chi connectivity index (χ4v) is 2.30. The Kier molecular flexibility index (Phi) is 7.92. The summed E-state index contributed by atoms with van der Waals surface area (Å²) in [6, 6.07) is 12.0. The summed E-state index contributed by atoms with van der Waals surface area (Å²) in [5.74, 6) is -0.439. The molecule has 2 amide bonds. The molecule has 2 rings (SSSR count). The average molecular weight is 387 g/mol. The van der Waals surface area contributed by atoms with Crippen molar-refractivity contribution in [1.82, 2.24) is 5.32 Å². The van der Waals surface area contributed by atoms with Gasteiger partial charge in [0, 0.05) is 32.4 Å². The first-order valence-electron chi connectivity index (χ1n) is 8.54. The van der Waals surface area contributed by atoms with Crippen molar-refractivity contribution < 1.29 is 24.0 Å². The van der Waals surface area contributed by atoms with E-state index in [1.807, 2.05) is 0 Å². The van der Waals surface area contributed by atoms with Crippen molar-refractivity contribution >= 4 is 23.2 Å². The van der Waals surface area contributed by atoms with Crippen LogP contribution in [0.5, 0.6) is 5.75 Å². The summed E-state index contributed by atoms with van der Waals surface area (Å²) in [5.41, 5.74) is 0.634. The highest BCUT2D eigenvalue weighted by Crippen LogP contribution is 2.18. The van der Waals surface area contributed by atoms with Gasteiger partial charge in [-0.05, 0) is 30.7 Å². The lowest BCUT2D eigenvalue weighted by atomic mass is 10.1. The number of hydrogen-bond donors (Lipinski definition) is 2. The molecule has 0 atom stereocenters. The molecule has 0 spiro atoms. The Morgan fingerprint density at radius 2 is 1.82 bits per heavy atom. The van der Waals surface area contributed by atoms with Crippen LogP contribution in [0.4, 0.5) is 11.4 Å². The third-order valence-corrected chi connectivity index (χ3v) is 3.67. The summed E-state index contributed by atoms with van der Waals surface area (Å²) < 4.78 is 10.2. The Morgan fingerprint density at radius 3 is 2.50 bits per heavy atom. The average Bonchev–Trinajstić information content (AvgIpc) is 2.70. The first-order valence-corrected chi connectivity index (χ1v) is 8.54. The number of non-ortho nitro benzene ring substituents is 1. The molecule has 0 aliphatic heterocycles. The molecule has 0 unspecified atom stereocenters. The second kappa shape index (κ2) is 10.6. The van der Waals surface area contributed by atoms with Gasteiger partial charge in [-0.3, -0.25) is 19.7 Å². The molecule has 148 valence electrons. The predicted molar refractivity (Wildman–Crippen MR) is 102 cm³/mol. The smallest absolute Gasteiger partial charge is 0.269 e. The van der Waals surface area contributed by atoms with Crippen LogP contribution >= 0.6 is 0 Å². The van der Waals surface area contributed by atoms with Gasteiger partial charge in [0.1, 0.15) is 5.75 Å². The number of nitrogens with zero attached hydrogens (tertiary/aromatic N) is 1. The molecule has 0 saturated heterocycles. The van der Waals surface area contributed by atoms with E-state index < -0.39 is 10.8 Å². The number of amides is 2. The minimum Gasteiger partial charge on any atom is -0.484 e. The van der Waals surface area contributed by atoms with Crippen molar-refractivity contribution in [2.45, 2.75) is 6.42 Å². The maximum atomic E-state index is 12.3. The number of para-hydroxylation sites is 1. The number of anilines is 1. The van der Waals surface area contributed by atoms with E-state index in [4.69, 9.17) is 9.47 Å². The molecule has 28 heavy (non-hydrogen) atoms. The summed E-state index contributed by atoms with van der Waals surface area (Å²) in [6.07, 6.45) is 0.680. The zero-order valence-electron chi connectivity index (χ0n) is 15.3. The highest BCUT2D eigenvalue weighted by molar-refractivity contribution is 6.04. The van der Waals surface area contributed by atoms with E-state index in [-0.39, 0.29) is 18.2 Å². The molecule has 9 nitrogen and oxygen atoms in total. The number of benzene rings is 2. The zero-order valence-corrected chi connectivity index (χ0v) is 15.3. The Bertz CT molecular complexity index is 823. The van der Waals surface area contributed by atoms with Crippen molar-refractivity contribution in [2.75, 3.05) is 32.2 Å². The Balaban J connectivity index is 1.91. The maximum Gasteiger partial charge on any atom is 0.269 e. The Hall–Kier alpha value is -3.46. The molecule has 0 aromatic heterocycles. The monoisotopic (exact) mass is 387 g/mol. The number of methoxy groups -OCH3 is 1. The standard InChI is InChI=1S/C19H21N3O6/c1-27-12-4-11-20-19(24)16-5-2-3-6-17(16)21-18(23)13-28-15-9-7-14(8-10-15)22(25)26/h2-3,5-10H,4,11-13H2,1H3,(H,20,24)(H,21,23). The van der Waals surface area contributed by atoms with Gasteiger partial charge in [0.15, 0.2) is 6.61 Å².